The molecule has 1 aromatic carbocycles. The molecule has 0 aromatic heterocycles. The lowest BCUT2D eigenvalue weighted by atomic mass is 10.3. The van der Waals surface area contributed by atoms with E-state index in [-0.39, 0.29) is 24.0 Å². The molecule has 2 N–H and O–H groups in total. The normalized spacial score (nSPS) is 11.9. The van der Waals surface area contributed by atoms with Crippen LogP contribution in [0.2, 0.25) is 0 Å². The Balaban J connectivity index is 2.27. The number of rotatable bonds is 7. The number of hydrogen-bond donors (Lipinski definition) is 2. The molecule has 1 aromatic rings. The van der Waals surface area contributed by atoms with Gasteiger partial charge in [0.25, 0.3) is 0 Å². The molecule has 0 aliphatic rings. The van der Waals surface area contributed by atoms with Gasteiger partial charge in [-0.25, -0.2) is 4.39 Å². The zero-order valence-electron chi connectivity index (χ0n) is 10.6. The molecule has 0 radical (unpaired) electrons. The highest BCUT2D eigenvalue weighted by Crippen LogP contribution is 2.16. The zero-order chi connectivity index (χ0) is 14.3. The Bertz CT molecular complexity index is 453. The first-order chi connectivity index (χ1) is 8.97. The Hall–Kier alpha value is -1.56. The first kappa shape index (κ1) is 15.5. The van der Waals surface area contributed by atoms with Gasteiger partial charge in [0.1, 0.15) is 5.82 Å². The van der Waals surface area contributed by atoms with Gasteiger partial charge in [-0.05, 0) is 18.2 Å². The lowest BCUT2D eigenvalue weighted by Gasteiger charge is -2.08. The molecular weight excluding hydrogens is 269 g/mol. The molecule has 104 valence electrons. The van der Waals surface area contributed by atoms with Crippen molar-refractivity contribution in [3.05, 3.63) is 30.1 Å². The molecule has 6 heteroatoms. The minimum atomic E-state index is -0.843. The highest BCUT2D eigenvalue weighted by atomic mass is 32.2. The summed E-state index contributed by atoms with van der Waals surface area (Å²) < 4.78 is 12.9. The van der Waals surface area contributed by atoms with Crippen molar-refractivity contribution in [1.29, 1.82) is 0 Å². The van der Waals surface area contributed by atoms with Crippen LogP contribution in [0.1, 0.15) is 19.8 Å². The lowest BCUT2D eigenvalue weighted by molar-refractivity contribution is -0.136. The van der Waals surface area contributed by atoms with Crippen LogP contribution >= 0.6 is 11.8 Å². The molecule has 0 fully saturated rings. The Morgan fingerprint density at radius 3 is 2.84 bits per heavy atom. The molecule has 0 spiro atoms. The SMILES string of the molecule is CC(CC(=O)O)SCCC(=O)Nc1cccc(F)c1. The van der Waals surface area contributed by atoms with Crippen LogP contribution in [0.15, 0.2) is 24.3 Å². The molecule has 1 amide bonds. The first-order valence-electron chi connectivity index (χ1n) is 5.86. The lowest BCUT2D eigenvalue weighted by Crippen LogP contribution is -2.13. The first-order valence-corrected chi connectivity index (χ1v) is 6.91. The maximum absolute atomic E-state index is 12.9. The number of benzene rings is 1. The number of aliphatic carboxylic acids is 1. The third-order valence-corrected chi connectivity index (χ3v) is 3.48. The van der Waals surface area contributed by atoms with E-state index in [2.05, 4.69) is 5.32 Å². The number of halogens is 1. The molecule has 0 aliphatic carbocycles. The van der Waals surface area contributed by atoms with Crippen LogP contribution in [0.25, 0.3) is 0 Å². The summed E-state index contributed by atoms with van der Waals surface area (Å²) in [6.45, 7) is 1.81. The number of carboxylic acids is 1. The highest BCUT2D eigenvalue weighted by Gasteiger charge is 2.09. The summed E-state index contributed by atoms with van der Waals surface area (Å²) in [7, 11) is 0. The van der Waals surface area contributed by atoms with E-state index < -0.39 is 11.8 Å². The van der Waals surface area contributed by atoms with Crippen molar-refractivity contribution < 1.29 is 19.1 Å². The zero-order valence-corrected chi connectivity index (χ0v) is 11.4. The smallest absolute Gasteiger partial charge is 0.304 e. The molecule has 0 saturated carbocycles. The van der Waals surface area contributed by atoms with Gasteiger partial charge in [-0.3, -0.25) is 9.59 Å². The largest absolute Gasteiger partial charge is 0.481 e. The standard InChI is InChI=1S/C13H16FNO3S/c1-9(7-13(17)18)19-6-5-12(16)15-11-4-2-3-10(14)8-11/h2-4,8-9H,5-7H2,1H3,(H,15,16)(H,17,18). The molecule has 1 atom stereocenters. The summed E-state index contributed by atoms with van der Waals surface area (Å²) in [4.78, 5) is 22.0. The number of carboxylic acid groups (broad SMARTS) is 1. The van der Waals surface area contributed by atoms with Gasteiger partial charge in [-0.1, -0.05) is 13.0 Å². The van der Waals surface area contributed by atoms with Crippen molar-refractivity contribution in [1.82, 2.24) is 0 Å². The van der Waals surface area contributed by atoms with E-state index in [0.29, 0.717) is 11.4 Å². The minimum absolute atomic E-state index is 0.0283. The molecule has 0 heterocycles. The average Bonchev–Trinajstić information content (AvgIpc) is 2.27. The molecule has 0 aliphatic heterocycles. The maximum Gasteiger partial charge on any atom is 0.304 e. The van der Waals surface area contributed by atoms with Crippen molar-refractivity contribution in [3.8, 4) is 0 Å². The number of nitrogens with one attached hydrogen (secondary N) is 1. The summed E-state index contributed by atoms with van der Waals surface area (Å²) >= 11 is 1.43. The average molecular weight is 285 g/mol. The number of hydrogen-bond acceptors (Lipinski definition) is 3. The summed E-state index contributed by atoms with van der Waals surface area (Å²) in [5.41, 5.74) is 0.425. The maximum atomic E-state index is 12.9. The Labute approximate surface area is 115 Å². The van der Waals surface area contributed by atoms with E-state index in [1.54, 1.807) is 6.07 Å². The van der Waals surface area contributed by atoms with Gasteiger partial charge < -0.3 is 10.4 Å². The van der Waals surface area contributed by atoms with Gasteiger partial charge in [0, 0.05) is 23.1 Å². The number of amides is 1. The predicted molar refractivity (Wildman–Crippen MR) is 73.8 cm³/mol. The van der Waals surface area contributed by atoms with Crippen molar-refractivity contribution in [3.63, 3.8) is 0 Å². The minimum Gasteiger partial charge on any atom is -0.481 e. The highest BCUT2D eigenvalue weighted by molar-refractivity contribution is 7.99. The Morgan fingerprint density at radius 1 is 1.47 bits per heavy atom. The second kappa shape index (κ2) is 7.78. The van der Waals surface area contributed by atoms with Gasteiger partial charge in [0.2, 0.25) is 5.91 Å². The number of carbonyl (C=O) groups excluding carboxylic acids is 1. The Morgan fingerprint density at radius 2 is 2.21 bits per heavy atom. The number of anilines is 1. The van der Waals surface area contributed by atoms with Gasteiger partial charge in [-0.15, -0.1) is 0 Å². The molecule has 0 bridgehead atoms. The summed E-state index contributed by atoms with van der Waals surface area (Å²) in [6, 6.07) is 5.69. The van der Waals surface area contributed by atoms with Crippen LogP contribution in [0.4, 0.5) is 10.1 Å². The predicted octanol–water partition coefficient (Wildman–Crippen LogP) is 2.75. The summed E-state index contributed by atoms with van der Waals surface area (Å²) in [6.07, 6.45) is 0.349. The van der Waals surface area contributed by atoms with Crippen molar-refractivity contribution in [2.24, 2.45) is 0 Å². The number of thioether (sulfide) groups is 1. The fourth-order valence-electron chi connectivity index (χ4n) is 1.45. The van der Waals surface area contributed by atoms with Gasteiger partial charge in [0.15, 0.2) is 0 Å². The van der Waals surface area contributed by atoms with Crippen LogP contribution < -0.4 is 5.32 Å². The van der Waals surface area contributed by atoms with Crippen molar-refractivity contribution in [2.75, 3.05) is 11.1 Å². The van der Waals surface area contributed by atoms with Crippen LogP contribution in [0.3, 0.4) is 0 Å². The summed E-state index contributed by atoms with van der Waals surface area (Å²) in [5.74, 6) is -0.914. The van der Waals surface area contributed by atoms with Crippen molar-refractivity contribution >= 4 is 29.3 Å². The molecule has 4 nitrogen and oxygen atoms in total. The van der Waals surface area contributed by atoms with E-state index in [4.69, 9.17) is 5.11 Å². The second-order valence-electron chi connectivity index (χ2n) is 4.09. The van der Waals surface area contributed by atoms with Gasteiger partial charge >= 0.3 is 5.97 Å². The van der Waals surface area contributed by atoms with Crippen molar-refractivity contribution in [2.45, 2.75) is 25.0 Å². The molecule has 19 heavy (non-hydrogen) atoms. The van der Waals surface area contributed by atoms with Crippen LogP contribution in [-0.4, -0.2) is 28.0 Å². The second-order valence-corrected chi connectivity index (χ2v) is 5.63. The Kier molecular flexibility index (Phi) is 6.35. The fraction of sp³-hybridized carbons (Fsp3) is 0.385. The quantitative estimate of drug-likeness (QED) is 0.808. The monoisotopic (exact) mass is 285 g/mol. The molecule has 1 unspecified atom stereocenters. The molecular formula is C13H16FNO3S. The third kappa shape index (κ3) is 6.81. The summed E-state index contributed by atoms with van der Waals surface area (Å²) in [5, 5.41) is 11.1. The van der Waals surface area contributed by atoms with E-state index in [0.717, 1.165) is 0 Å². The van der Waals surface area contributed by atoms with Gasteiger partial charge in [-0.2, -0.15) is 11.8 Å². The van der Waals surface area contributed by atoms with Crippen LogP contribution in [0, 0.1) is 5.82 Å². The van der Waals surface area contributed by atoms with E-state index in [1.807, 2.05) is 6.92 Å². The fourth-order valence-corrected chi connectivity index (χ4v) is 2.41. The van der Waals surface area contributed by atoms with Crippen LogP contribution in [-0.2, 0) is 9.59 Å². The number of carbonyl (C=O) groups is 2. The topological polar surface area (TPSA) is 66.4 Å². The van der Waals surface area contributed by atoms with E-state index in [1.165, 1.54) is 30.0 Å². The molecule has 1 rings (SSSR count). The van der Waals surface area contributed by atoms with Crippen LogP contribution in [0.5, 0.6) is 0 Å². The third-order valence-electron chi connectivity index (χ3n) is 2.30. The van der Waals surface area contributed by atoms with E-state index in [9.17, 15) is 14.0 Å². The van der Waals surface area contributed by atoms with Gasteiger partial charge in [0.05, 0.1) is 6.42 Å². The van der Waals surface area contributed by atoms with E-state index >= 15 is 0 Å². The molecule has 0 saturated heterocycles.